The number of hydrogen-bond donors (Lipinski definition) is 1. The lowest BCUT2D eigenvalue weighted by Gasteiger charge is -2.10. The third-order valence-corrected chi connectivity index (χ3v) is 4.01. The molecule has 0 aliphatic carbocycles. The van der Waals surface area contributed by atoms with Crippen LogP contribution in [0.4, 0.5) is 5.69 Å². The number of nitro benzene ring substituents is 1. The van der Waals surface area contributed by atoms with Crippen LogP contribution in [0.15, 0.2) is 72.1 Å². The summed E-state index contributed by atoms with van der Waals surface area (Å²) in [6, 6.07) is 13.0. The molecule has 31 heavy (non-hydrogen) atoms. The second-order valence-electron chi connectivity index (χ2n) is 6.04. The van der Waals surface area contributed by atoms with Gasteiger partial charge in [0, 0.05) is 30.1 Å². The molecule has 0 unspecified atom stereocenters. The molecule has 0 aliphatic heterocycles. The molecule has 10 heteroatoms. The number of nitrogens with one attached hydrogen (secondary N) is 1. The van der Waals surface area contributed by atoms with Crippen LogP contribution < -0.4 is 14.9 Å². The highest BCUT2D eigenvalue weighted by molar-refractivity contribution is 5.95. The summed E-state index contributed by atoms with van der Waals surface area (Å²) in [6.45, 7) is 0. The van der Waals surface area contributed by atoms with Crippen LogP contribution in [0.25, 0.3) is 0 Å². The average molecular weight is 420 g/mol. The van der Waals surface area contributed by atoms with Crippen molar-refractivity contribution in [3.63, 3.8) is 0 Å². The number of carbonyl (C=O) groups is 2. The molecular weight excluding hydrogens is 404 g/mol. The number of amides is 1. The summed E-state index contributed by atoms with van der Waals surface area (Å²) in [6.07, 6.45) is 4.39. The van der Waals surface area contributed by atoms with Crippen molar-refractivity contribution in [1.82, 2.24) is 10.4 Å². The second kappa shape index (κ2) is 9.74. The number of pyridine rings is 1. The minimum Gasteiger partial charge on any atom is -0.493 e. The molecule has 0 radical (unpaired) electrons. The summed E-state index contributed by atoms with van der Waals surface area (Å²) < 4.78 is 10.5. The smallest absolute Gasteiger partial charge is 0.343 e. The number of esters is 1. The molecular formula is C21H16N4O6. The number of hydrazone groups is 1. The van der Waals surface area contributed by atoms with Gasteiger partial charge in [0.1, 0.15) is 0 Å². The first-order valence-electron chi connectivity index (χ1n) is 8.86. The van der Waals surface area contributed by atoms with E-state index in [1.54, 1.807) is 24.3 Å². The lowest BCUT2D eigenvalue weighted by atomic mass is 10.2. The van der Waals surface area contributed by atoms with E-state index in [1.165, 1.54) is 50.0 Å². The topological polar surface area (TPSA) is 133 Å². The number of ether oxygens (including phenoxy) is 2. The molecule has 10 nitrogen and oxygen atoms in total. The van der Waals surface area contributed by atoms with E-state index in [9.17, 15) is 19.7 Å². The second-order valence-corrected chi connectivity index (χ2v) is 6.04. The summed E-state index contributed by atoms with van der Waals surface area (Å²) in [7, 11) is 1.40. The van der Waals surface area contributed by atoms with Gasteiger partial charge in [-0.2, -0.15) is 5.10 Å². The van der Waals surface area contributed by atoms with Gasteiger partial charge in [0.15, 0.2) is 11.5 Å². The zero-order chi connectivity index (χ0) is 22.2. The Morgan fingerprint density at radius 2 is 1.84 bits per heavy atom. The predicted molar refractivity (Wildman–Crippen MR) is 110 cm³/mol. The fourth-order valence-electron chi connectivity index (χ4n) is 2.49. The zero-order valence-corrected chi connectivity index (χ0v) is 16.2. The maximum Gasteiger partial charge on any atom is 0.343 e. The Balaban J connectivity index is 1.69. The third kappa shape index (κ3) is 5.48. The molecule has 1 amide bonds. The number of hydrogen-bond acceptors (Lipinski definition) is 8. The molecule has 0 aliphatic rings. The molecule has 1 heterocycles. The van der Waals surface area contributed by atoms with Crippen molar-refractivity contribution in [2.75, 3.05) is 7.11 Å². The van der Waals surface area contributed by atoms with Crippen LogP contribution in [0.5, 0.6) is 11.5 Å². The molecule has 1 N–H and O–H groups in total. The number of aromatic nitrogens is 1. The summed E-state index contributed by atoms with van der Waals surface area (Å²) in [4.78, 5) is 38.4. The van der Waals surface area contributed by atoms with Crippen LogP contribution in [0.1, 0.15) is 26.3 Å². The van der Waals surface area contributed by atoms with Crippen molar-refractivity contribution < 1.29 is 24.0 Å². The van der Waals surface area contributed by atoms with E-state index < -0.39 is 16.8 Å². The van der Waals surface area contributed by atoms with Gasteiger partial charge in [0.2, 0.25) is 0 Å². The minimum absolute atomic E-state index is 0.0284. The standard InChI is InChI=1S/C21H16N4O6/c1-30-19-11-14(13-23-24-20(26)15-7-9-22-10-8-15)5-6-18(19)31-21(27)16-3-2-4-17(12-16)25(28)29/h2-13H,1H3,(H,24,26). The predicted octanol–water partition coefficient (Wildman–Crippen LogP) is 2.98. The molecule has 0 bridgehead atoms. The van der Waals surface area contributed by atoms with Crippen molar-refractivity contribution in [2.24, 2.45) is 5.10 Å². The van der Waals surface area contributed by atoms with Gasteiger partial charge in [0.05, 0.1) is 23.8 Å². The molecule has 1 aromatic heterocycles. The maximum atomic E-state index is 12.3. The molecule has 0 spiro atoms. The van der Waals surface area contributed by atoms with Crippen molar-refractivity contribution in [3.8, 4) is 11.5 Å². The molecule has 0 fully saturated rings. The Hall–Kier alpha value is -4.60. The fraction of sp³-hybridized carbons (Fsp3) is 0.0476. The van der Waals surface area contributed by atoms with Crippen LogP contribution >= 0.6 is 0 Å². The number of rotatable bonds is 7. The van der Waals surface area contributed by atoms with Gasteiger partial charge >= 0.3 is 5.97 Å². The van der Waals surface area contributed by atoms with Gasteiger partial charge in [-0.3, -0.25) is 19.9 Å². The lowest BCUT2D eigenvalue weighted by molar-refractivity contribution is -0.384. The van der Waals surface area contributed by atoms with Gasteiger partial charge in [-0.25, -0.2) is 10.2 Å². The van der Waals surface area contributed by atoms with Crippen molar-refractivity contribution in [1.29, 1.82) is 0 Å². The number of non-ortho nitro benzene ring substituents is 1. The lowest BCUT2D eigenvalue weighted by Crippen LogP contribution is -2.17. The van der Waals surface area contributed by atoms with Gasteiger partial charge in [-0.1, -0.05) is 6.07 Å². The molecule has 2 aromatic carbocycles. The van der Waals surface area contributed by atoms with Crippen LogP contribution in [-0.4, -0.2) is 35.1 Å². The van der Waals surface area contributed by atoms with Crippen molar-refractivity contribution in [2.45, 2.75) is 0 Å². The highest BCUT2D eigenvalue weighted by atomic mass is 16.6. The van der Waals surface area contributed by atoms with Crippen LogP contribution in [0.2, 0.25) is 0 Å². The summed E-state index contributed by atoms with van der Waals surface area (Å²) in [5.74, 6) is -0.804. The van der Waals surface area contributed by atoms with Gasteiger partial charge < -0.3 is 9.47 Å². The number of methoxy groups -OCH3 is 1. The SMILES string of the molecule is COc1cc(C=NNC(=O)c2ccncc2)ccc1OC(=O)c1cccc([N+](=O)[O-])c1. The van der Waals surface area contributed by atoms with E-state index in [1.807, 2.05) is 0 Å². The fourth-order valence-corrected chi connectivity index (χ4v) is 2.49. The Morgan fingerprint density at radius 3 is 2.55 bits per heavy atom. The monoisotopic (exact) mass is 420 g/mol. The van der Waals surface area contributed by atoms with Crippen LogP contribution in [0, 0.1) is 10.1 Å². The molecule has 0 atom stereocenters. The third-order valence-electron chi connectivity index (χ3n) is 4.01. The molecule has 156 valence electrons. The van der Waals surface area contributed by atoms with E-state index in [0.717, 1.165) is 6.07 Å². The maximum absolute atomic E-state index is 12.3. The molecule has 3 aromatic rings. The number of nitro groups is 1. The first kappa shape index (κ1) is 21.1. The van der Waals surface area contributed by atoms with Crippen LogP contribution in [0.3, 0.4) is 0 Å². The van der Waals surface area contributed by atoms with Gasteiger partial charge in [-0.15, -0.1) is 0 Å². The largest absolute Gasteiger partial charge is 0.493 e. The highest BCUT2D eigenvalue weighted by Gasteiger charge is 2.16. The molecule has 3 rings (SSSR count). The van der Waals surface area contributed by atoms with Gasteiger partial charge in [0.25, 0.3) is 11.6 Å². The summed E-state index contributed by atoms with van der Waals surface area (Å²) >= 11 is 0. The number of benzene rings is 2. The molecule has 0 saturated carbocycles. The average Bonchev–Trinajstić information content (AvgIpc) is 2.80. The van der Waals surface area contributed by atoms with E-state index >= 15 is 0 Å². The quantitative estimate of drug-likeness (QED) is 0.204. The van der Waals surface area contributed by atoms with Crippen LogP contribution in [-0.2, 0) is 0 Å². The zero-order valence-electron chi connectivity index (χ0n) is 16.2. The Labute approximate surface area is 176 Å². The van der Waals surface area contributed by atoms with E-state index in [4.69, 9.17) is 9.47 Å². The summed E-state index contributed by atoms with van der Waals surface area (Å²) in [5.41, 5.74) is 3.18. The minimum atomic E-state index is -0.770. The molecule has 0 saturated heterocycles. The van der Waals surface area contributed by atoms with E-state index in [-0.39, 0.29) is 22.7 Å². The van der Waals surface area contributed by atoms with E-state index in [2.05, 4.69) is 15.5 Å². The number of nitrogens with zero attached hydrogens (tertiary/aromatic N) is 3. The Kier molecular flexibility index (Phi) is 6.64. The Bertz CT molecular complexity index is 1150. The highest BCUT2D eigenvalue weighted by Crippen LogP contribution is 2.28. The van der Waals surface area contributed by atoms with Gasteiger partial charge in [-0.05, 0) is 42.0 Å². The Morgan fingerprint density at radius 1 is 1.06 bits per heavy atom. The number of carbonyl (C=O) groups excluding carboxylic acids is 2. The first-order valence-corrected chi connectivity index (χ1v) is 8.86. The normalized spacial score (nSPS) is 10.5. The van der Waals surface area contributed by atoms with Crippen molar-refractivity contribution >= 4 is 23.8 Å². The first-order chi connectivity index (χ1) is 15.0. The van der Waals surface area contributed by atoms with E-state index in [0.29, 0.717) is 11.1 Å². The summed E-state index contributed by atoms with van der Waals surface area (Å²) in [5, 5.41) is 14.8. The van der Waals surface area contributed by atoms with Crippen molar-refractivity contribution in [3.05, 3.63) is 93.8 Å².